The number of unbranched alkanes of at least 4 members (excludes halogenated alkanes) is 7. The lowest BCUT2D eigenvalue weighted by Gasteiger charge is -2.18. The standard InChI is InChI=1S/C17H34O3/c1-3-5-7-8-9-10-11-12-17(18-13-6-4-2)20-15-16-14-19-16/h16-17H,3-15H2,1-2H3. The van der Waals surface area contributed by atoms with E-state index in [4.69, 9.17) is 14.2 Å². The highest BCUT2D eigenvalue weighted by Gasteiger charge is 2.24. The molecular formula is C17H34O3. The summed E-state index contributed by atoms with van der Waals surface area (Å²) in [5, 5.41) is 0. The molecule has 2 atom stereocenters. The van der Waals surface area contributed by atoms with E-state index in [1.807, 2.05) is 0 Å². The lowest BCUT2D eigenvalue weighted by Crippen LogP contribution is -2.20. The summed E-state index contributed by atoms with van der Waals surface area (Å²) in [5.74, 6) is 0. The molecule has 1 saturated heterocycles. The Balaban J connectivity index is 1.98. The first-order valence-corrected chi connectivity index (χ1v) is 8.71. The van der Waals surface area contributed by atoms with Crippen LogP contribution in [0.1, 0.15) is 78.1 Å². The molecule has 3 nitrogen and oxygen atoms in total. The predicted octanol–water partition coefficient (Wildman–Crippen LogP) is 4.69. The molecule has 2 unspecified atom stereocenters. The second kappa shape index (κ2) is 12.6. The van der Waals surface area contributed by atoms with Gasteiger partial charge in [0.1, 0.15) is 6.10 Å². The van der Waals surface area contributed by atoms with Crippen LogP contribution in [0.25, 0.3) is 0 Å². The van der Waals surface area contributed by atoms with Crippen molar-refractivity contribution in [1.29, 1.82) is 0 Å². The van der Waals surface area contributed by atoms with Crippen LogP contribution in [0.3, 0.4) is 0 Å². The maximum absolute atomic E-state index is 5.83. The second-order valence-corrected chi connectivity index (χ2v) is 5.85. The van der Waals surface area contributed by atoms with Crippen LogP contribution >= 0.6 is 0 Å². The average Bonchev–Trinajstić information content (AvgIpc) is 3.27. The molecule has 3 heteroatoms. The number of hydrogen-bond donors (Lipinski definition) is 0. The zero-order valence-corrected chi connectivity index (χ0v) is 13.6. The maximum atomic E-state index is 5.83. The minimum absolute atomic E-state index is 0.0126. The van der Waals surface area contributed by atoms with Crippen molar-refractivity contribution in [2.45, 2.75) is 90.4 Å². The highest BCUT2D eigenvalue weighted by atomic mass is 16.7. The van der Waals surface area contributed by atoms with Gasteiger partial charge in [-0.05, 0) is 19.3 Å². The van der Waals surface area contributed by atoms with E-state index in [9.17, 15) is 0 Å². The highest BCUT2D eigenvalue weighted by molar-refractivity contribution is 4.67. The maximum Gasteiger partial charge on any atom is 0.157 e. The van der Waals surface area contributed by atoms with Gasteiger partial charge in [-0.1, -0.05) is 58.8 Å². The zero-order chi connectivity index (χ0) is 14.5. The molecule has 1 aliphatic rings. The van der Waals surface area contributed by atoms with Crippen molar-refractivity contribution in [3.8, 4) is 0 Å². The van der Waals surface area contributed by atoms with Gasteiger partial charge in [0.2, 0.25) is 0 Å². The first-order valence-electron chi connectivity index (χ1n) is 8.71. The van der Waals surface area contributed by atoms with Gasteiger partial charge < -0.3 is 14.2 Å². The zero-order valence-electron chi connectivity index (χ0n) is 13.6. The molecule has 0 aromatic carbocycles. The van der Waals surface area contributed by atoms with Gasteiger partial charge in [-0.25, -0.2) is 0 Å². The molecule has 1 heterocycles. The van der Waals surface area contributed by atoms with Gasteiger partial charge in [-0.15, -0.1) is 0 Å². The van der Waals surface area contributed by atoms with Gasteiger partial charge in [0, 0.05) is 6.61 Å². The molecule has 1 rings (SSSR count). The summed E-state index contributed by atoms with van der Waals surface area (Å²) in [6, 6.07) is 0. The van der Waals surface area contributed by atoms with Crippen molar-refractivity contribution in [2.24, 2.45) is 0 Å². The fraction of sp³-hybridized carbons (Fsp3) is 1.00. The Hall–Kier alpha value is -0.120. The third-order valence-electron chi connectivity index (χ3n) is 3.72. The van der Waals surface area contributed by atoms with Gasteiger partial charge in [0.05, 0.1) is 13.2 Å². The number of ether oxygens (including phenoxy) is 3. The Morgan fingerprint density at radius 1 is 0.900 bits per heavy atom. The Kier molecular flexibility index (Phi) is 11.3. The van der Waals surface area contributed by atoms with Crippen molar-refractivity contribution >= 4 is 0 Å². The molecular weight excluding hydrogens is 252 g/mol. The van der Waals surface area contributed by atoms with Crippen LogP contribution in [0.15, 0.2) is 0 Å². The first-order chi connectivity index (χ1) is 9.86. The third-order valence-corrected chi connectivity index (χ3v) is 3.72. The van der Waals surface area contributed by atoms with E-state index in [1.54, 1.807) is 0 Å². The largest absolute Gasteiger partial charge is 0.371 e. The Labute approximate surface area is 125 Å². The molecule has 0 amide bonds. The van der Waals surface area contributed by atoms with Crippen LogP contribution in [0, 0.1) is 0 Å². The minimum atomic E-state index is -0.0126. The van der Waals surface area contributed by atoms with Gasteiger partial charge >= 0.3 is 0 Å². The van der Waals surface area contributed by atoms with Crippen LogP contribution in [0.4, 0.5) is 0 Å². The van der Waals surface area contributed by atoms with Crippen molar-refractivity contribution in [1.82, 2.24) is 0 Å². The molecule has 0 bridgehead atoms. The summed E-state index contributed by atoms with van der Waals surface area (Å²) in [5.41, 5.74) is 0. The van der Waals surface area contributed by atoms with Crippen molar-refractivity contribution in [3.63, 3.8) is 0 Å². The lowest BCUT2D eigenvalue weighted by atomic mass is 10.1. The molecule has 120 valence electrons. The molecule has 0 radical (unpaired) electrons. The monoisotopic (exact) mass is 286 g/mol. The molecule has 0 aromatic heterocycles. The van der Waals surface area contributed by atoms with Crippen molar-refractivity contribution < 1.29 is 14.2 Å². The number of hydrogen-bond acceptors (Lipinski definition) is 3. The summed E-state index contributed by atoms with van der Waals surface area (Å²) in [7, 11) is 0. The van der Waals surface area contributed by atoms with Gasteiger partial charge in [0.25, 0.3) is 0 Å². The van der Waals surface area contributed by atoms with Gasteiger partial charge in [0.15, 0.2) is 6.29 Å². The quantitative estimate of drug-likeness (QED) is 0.249. The molecule has 0 spiro atoms. The predicted molar refractivity (Wildman–Crippen MR) is 83.0 cm³/mol. The van der Waals surface area contributed by atoms with E-state index in [1.165, 1.54) is 51.4 Å². The van der Waals surface area contributed by atoms with E-state index in [-0.39, 0.29) is 6.29 Å². The molecule has 20 heavy (non-hydrogen) atoms. The molecule has 0 saturated carbocycles. The molecule has 1 fully saturated rings. The topological polar surface area (TPSA) is 31.0 Å². The smallest absolute Gasteiger partial charge is 0.157 e. The molecule has 1 aliphatic heterocycles. The fourth-order valence-electron chi connectivity index (χ4n) is 2.22. The summed E-state index contributed by atoms with van der Waals surface area (Å²) in [6.45, 7) is 6.84. The number of rotatable bonds is 15. The summed E-state index contributed by atoms with van der Waals surface area (Å²) in [4.78, 5) is 0. The van der Waals surface area contributed by atoms with Crippen LogP contribution in [0.5, 0.6) is 0 Å². The average molecular weight is 286 g/mol. The summed E-state index contributed by atoms with van der Waals surface area (Å²) in [6.07, 6.45) is 13.0. The van der Waals surface area contributed by atoms with E-state index >= 15 is 0 Å². The van der Waals surface area contributed by atoms with Crippen LogP contribution in [-0.2, 0) is 14.2 Å². The molecule has 0 N–H and O–H groups in total. The van der Waals surface area contributed by atoms with Crippen molar-refractivity contribution in [3.05, 3.63) is 0 Å². The Morgan fingerprint density at radius 2 is 1.55 bits per heavy atom. The van der Waals surface area contributed by atoms with Crippen molar-refractivity contribution in [2.75, 3.05) is 19.8 Å². The molecule has 0 aromatic rings. The Bertz CT molecular complexity index is 204. The van der Waals surface area contributed by atoms with E-state index in [0.29, 0.717) is 12.7 Å². The van der Waals surface area contributed by atoms with Gasteiger partial charge in [-0.2, -0.15) is 0 Å². The van der Waals surface area contributed by atoms with E-state index in [0.717, 1.165) is 26.1 Å². The van der Waals surface area contributed by atoms with Gasteiger partial charge in [-0.3, -0.25) is 0 Å². The SMILES string of the molecule is CCCCCCCCCC(OCCCC)OCC1CO1. The highest BCUT2D eigenvalue weighted by Crippen LogP contribution is 2.15. The molecule has 0 aliphatic carbocycles. The van der Waals surface area contributed by atoms with E-state index < -0.39 is 0 Å². The summed E-state index contributed by atoms with van der Waals surface area (Å²) < 4.78 is 16.8. The van der Waals surface area contributed by atoms with E-state index in [2.05, 4.69) is 13.8 Å². The second-order valence-electron chi connectivity index (χ2n) is 5.85. The van der Waals surface area contributed by atoms with Crippen LogP contribution in [-0.4, -0.2) is 32.2 Å². The van der Waals surface area contributed by atoms with Crippen LogP contribution in [0.2, 0.25) is 0 Å². The van der Waals surface area contributed by atoms with Crippen LogP contribution < -0.4 is 0 Å². The lowest BCUT2D eigenvalue weighted by molar-refractivity contribution is -0.149. The third kappa shape index (κ3) is 10.6. The fourth-order valence-corrected chi connectivity index (χ4v) is 2.22. The summed E-state index contributed by atoms with van der Waals surface area (Å²) >= 11 is 0. The number of epoxide rings is 1. The Morgan fingerprint density at radius 3 is 2.20 bits per heavy atom. The minimum Gasteiger partial charge on any atom is -0.371 e. The first kappa shape index (κ1) is 17.9. The normalized spacial score (nSPS) is 19.2.